The van der Waals surface area contributed by atoms with Crippen LogP contribution in [0.4, 0.5) is 4.39 Å². The van der Waals surface area contributed by atoms with Crippen molar-refractivity contribution < 1.29 is 22.4 Å². The number of hydrogen-bond donors (Lipinski definition) is 1. The Bertz CT molecular complexity index is 971. The summed E-state index contributed by atoms with van der Waals surface area (Å²) in [5.74, 6) is -1.00. The first-order valence-corrected chi connectivity index (χ1v) is 11.4. The summed E-state index contributed by atoms with van der Waals surface area (Å²) in [6.07, 6.45) is 3.65. The average Bonchev–Trinajstić information content (AvgIpc) is 3.09. The Hall–Kier alpha value is -2.04. The number of benzene rings is 1. The first-order valence-electron chi connectivity index (χ1n) is 8.45. The highest BCUT2D eigenvalue weighted by Gasteiger charge is 2.31. The summed E-state index contributed by atoms with van der Waals surface area (Å²) < 4.78 is 36.1. The molecule has 6 nitrogen and oxygen atoms in total. The molecule has 10 heteroatoms. The van der Waals surface area contributed by atoms with Gasteiger partial charge in [0.25, 0.3) is 5.91 Å². The molecule has 0 aromatic heterocycles. The van der Waals surface area contributed by atoms with Crippen LogP contribution in [0.2, 0.25) is 0 Å². The van der Waals surface area contributed by atoms with Crippen molar-refractivity contribution in [2.45, 2.75) is 18.9 Å². The zero-order chi connectivity index (χ0) is 20.3. The predicted molar refractivity (Wildman–Crippen MR) is 110 cm³/mol. The van der Waals surface area contributed by atoms with Crippen LogP contribution in [0, 0.1) is 5.82 Å². The second-order valence-electron chi connectivity index (χ2n) is 6.32. The number of rotatable bonds is 6. The fourth-order valence-electron chi connectivity index (χ4n) is 2.75. The molecule has 0 aliphatic carbocycles. The molecule has 2 amide bonds. The van der Waals surface area contributed by atoms with Gasteiger partial charge < -0.3 is 5.32 Å². The second-order valence-corrected chi connectivity index (χ2v) is 9.93. The van der Waals surface area contributed by atoms with E-state index in [1.807, 2.05) is 0 Å². The predicted octanol–water partition coefficient (Wildman–Crippen LogP) is 2.23. The highest BCUT2D eigenvalue weighted by atomic mass is 32.2. The van der Waals surface area contributed by atoms with Gasteiger partial charge in [-0.25, -0.2) is 12.8 Å². The molecule has 0 unspecified atom stereocenters. The lowest BCUT2D eigenvalue weighted by Gasteiger charge is -2.15. The number of carbonyl (C=O) groups is 2. The van der Waals surface area contributed by atoms with E-state index in [1.165, 1.54) is 23.1 Å². The molecular weight excluding hydrogens is 423 g/mol. The van der Waals surface area contributed by atoms with Crippen LogP contribution in [-0.4, -0.2) is 47.8 Å². The normalized spacial score (nSPS) is 22.2. The van der Waals surface area contributed by atoms with Gasteiger partial charge in [-0.2, -0.15) is 0 Å². The van der Waals surface area contributed by atoms with Crippen LogP contribution in [0.25, 0.3) is 6.08 Å². The van der Waals surface area contributed by atoms with Gasteiger partial charge in [-0.15, -0.1) is 0 Å². The van der Waals surface area contributed by atoms with Crippen molar-refractivity contribution in [2.75, 3.05) is 12.3 Å². The van der Waals surface area contributed by atoms with E-state index in [9.17, 15) is 22.4 Å². The molecule has 1 aromatic carbocycles. The zero-order valence-electron chi connectivity index (χ0n) is 14.6. The molecule has 2 aliphatic heterocycles. The summed E-state index contributed by atoms with van der Waals surface area (Å²) in [6.45, 7) is 0.289. The van der Waals surface area contributed by atoms with E-state index in [-0.39, 0.29) is 36.4 Å². The van der Waals surface area contributed by atoms with Crippen LogP contribution in [0.5, 0.6) is 0 Å². The largest absolute Gasteiger partial charge is 0.349 e. The average molecular weight is 441 g/mol. The van der Waals surface area contributed by atoms with Crippen molar-refractivity contribution in [3.63, 3.8) is 0 Å². The Morgan fingerprint density at radius 2 is 2.07 bits per heavy atom. The molecule has 0 spiro atoms. The molecule has 2 heterocycles. The topological polar surface area (TPSA) is 83.6 Å². The van der Waals surface area contributed by atoms with E-state index in [4.69, 9.17) is 12.2 Å². The Kier molecular flexibility index (Phi) is 6.31. The monoisotopic (exact) mass is 440 g/mol. The minimum Gasteiger partial charge on any atom is -0.349 e. The molecule has 28 heavy (non-hydrogen) atoms. The molecule has 0 bridgehead atoms. The third kappa shape index (κ3) is 5.27. The van der Waals surface area contributed by atoms with Crippen molar-refractivity contribution in [2.24, 2.45) is 0 Å². The maximum absolute atomic E-state index is 13.0. The van der Waals surface area contributed by atoms with E-state index >= 15 is 0 Å². The van der Waals surface area contributed by atoms with Crippen molar-refractivity contribution >= 4 is 56.0 Å². The summed E-state index contributed by atoms with van der Waals surface area (Å²) in [4.78, 5) is 26.3. The van der Waals surface area contributed by atoms with Gasteiger partial charge in [-0.05, 0) is 36.3 Å². The fourth-order valence-corrected chi connectivity index (χ4v) is 5.29. The number of thiocarbonyl (C=S) groups is 1. The van der Waals surface area contributed by atoms with Gasteiger partial charge in [-0.3, -0.25) is 14.5 Å². The van der Waals surface area contributed by atoms with Crippen LogP contribution in [0.1, 0.15) is 18.4 Å². The summed E-state index contributed by atoms with van der Waals surface area (Å²) in [5, 5.41) is 3.74. The summed E-state index contributed by atoms with van der Waals surface area (Å²) in [6, 6.07) is 5.27. The standard InChI is InChI=1S/C18H17FN2O4S3/c19-13-5-3-12(4-6-13)10-15-17(23)21(18(26)27-15)8-1-2-16(22)20-14-7-9-28(24,25)11-14/h3-7,9-10,14H,1-2,8,11H2,(H,20,22)/b15-10+/t14-/m0/s1. The third-order valence-corrected chi connectivity index (χ3v) is 6.88. The lowest BCUT2D eigenvalue weighted by atomic mass is 10.2. The van der Waals surface area contributed by atoms with Crippen molar-refractivity contribution in [1.29, 1.82) is 0 Å². The molecule has 1 N–H and O–H groups in total. The molecule has 1 atom stereocenters. The molecular formula is C18H17FN2O4S3. The first kappa shape index (κ1) is 20.7. The van der Waals surface area contributed by atoms with Gasteiger partial charge in [0.2, 0.25) is 5.91 Å². The fraction of sp³-hybridized carbons (Fsp3) is 0.278. The maximum Gasteiger partial charge on any atom is 0.266 e. The van der Waals surface area contributed by atoms with E-state index in [1.54, 1.807) is 18.2 Å². The molecule has 0 radical (unpaired) electrons. The van der Waals surface area contributed by atoms with Gasteiger partial charge in [0.1, 0.15) is 10.1 Å². The van der Waals surface area contributed by atoms with Crippen LogP contribution < -0.4 is 5.32 Å². The molecule has 3 rings (SSSR count). The Labute approximate surface area is 171 Å². The van der Waals surface area contributed by atoms with Gasteiger partial charge in [0.05, 0.1) is 16.7 Å². The van der Waals surface area contributed by atoms with Crippen molar-refractivity contribution in [3.05, 3.63) is 52.0 Å². The number of carbonyl (C=O) groups excluding carboxylic acids is 2. The summed E-state index contributed by atoms with van der Waals surface area (Å²) in [7, 11) is -3.22. The number of nitrogens with zero attached hydrogens (tertiary/aromatic N) is 1. The number of halogens is 1. The number of sulfone groups is 1. The van der Waals surface area contributed by atoms with Gasteiger partial charge >= 0.3 is 0 Å². The molecule has 0 saturated carbocycles. The van der Waals surface area contributed by atoms with Crippen LogP contribution in [0.3, 0.4) is 0 Å². The smallest absolute Gasteiger partial charge is 0.266 e. The molecule has 2 aliphatic rings. The summed E-state index contributed by atoms with van der Waals surface area (Å²) >= 11 is 6.41. The maximum atomic E-state index is 13.0. The first-order chi connectivity index (χ1) is 13.2. The van der Waals surface area contributed by atoms with E-state index < -0.39 is 15.9 Å². The lowest BCUT2D eigenvalue weighted by Crippen LogP contribution is -2.36. The number of hydrogen-bond acceptors (Lipinski definition) is 6. The molecule has 1 fully saturated rings. The number of nitrogens with one attached hydrogen (secondary N) is 1. The number of thioether (sulfide) groups is 1. The van der Waals surface area contributed by atoms with Crippen molar-refractivity contribution in [3.8, 4) is 0 Å². The van der Waals surface area contributed by atoms with Gasteiger partial charge in [0, 0.05) is 18.4 Å². The molecule has 1 saturated heterocycles. The number of amides is 2. The second kappa shape index (κ2) is 8.54. The molecule has 148 valence electrons. The van der Waals surface area contributed by atoms with Gasteiger partial charge in [-0.1, -0.05) is 36.1 Å². The zero-order valence-corrected chi connectivity index (χ0v) is 17.1. The Balaban J connectivity index is 1.50. The Morgan fingerprint density at radius 1 is 1.36 bits per heavy atom. The summed E-state index contributed by atoms with van der Waals surface area (Å²) in [5.41, 5.74) is 0.695. The highest BCUT2D eigenvalue weighted by Crippen LogP contribution is 2.32. The minimum atomic E-state index is -3.22. The third-order valence-electron chi connectivity index (χ3n) is 4.10. The van der Waals surface area contributed by atoms with Crippen molar-refractivity contribution in [1.82, 2.24) is 10.2 Å². The SMILES string of the molecule is O=C(CCCN1C(=O)/C(=C\c2ccc(F)cc2)SC1=S)N[C@H]1C=CS(=O)(=O)C1. The molecule has 1 aromatic rings. The lowest BCUT2D eigenvalue weighted by molar-refractivity contribution is -0.124. The minimum absolute atomic E-state index is 0.123. The van der Waals surface area contributed by atoms with Crippen LogP contribution in [0.15, 0.2) is 40.7 Å². The van der Waals surface area contributed by atoms with E-state index in [2.05, 4.69) is 5.32 Å². The van der Waals surface area contributed by atoms with Gasteiger partial charge in [0.15, 0.2) is 9.84 Å². The van der Waals surface area contributed by atoms with E-state index in [0.717, 1.165) is 17.2 Å². The highest BCUT2D eigenvalue weighted by molar-refractivity contribution is 8.26. The Morgan fingerprint density at radius 3 is 2.71 bits per heavy atom. The van der Waals surface area contributed by atoms with E-state index in [0.29, 0.717) is 21.2 Å². The van der Waals surface area contributed by atoms with Crippen LogP contribution >= 0.6 is 24.0 Å². The van der Waals surface area contributed by atoms with Crippen LogP contribution in [-0.2, 0) is 19.4 Å². The quantitative estimate of drug-likeness (QED) is 0.540.